The minimum Gasteiger partial charge on any atom is -0.506 e. The Labute approximate surface area is 136 Å². The fraction of sp³-hybridized carbons (Fsp3) is 0.500. The Bertz CT molecular complexity index is 577. The van der Waals surface area contributed by atoms with Gasteiger partial charge in [-0.25, -0.2) is 0 Å². The SMILES string of the molecule is CC(C)(C)CC(C)(C)NC(=O)C(=O)Nc1cc(Cl)ccc1O. The van der Waals surface area contributed by atoms with Crippen LogP contribution in [0.1, 0.15) is 41.0 Å². The van der Waals surface area contributed by atoms with E-state index in [2.05, 4.69) is 31.4 Å². The predicted octanol–water partition coefficient (Wildman–Crippen LogP) is 3.32. The second-order valence-electron chi connectivity index (χ2n) is 7.19. The minimum atomic E-state index is -0.848. The van der Waals surface area contributed by atoms with Crippen molar-refractivity contribution >= 4 is 29.1 Å². The van der Waals surface area contributed by atoms with Gasteiger partial charge in [-0.1, -0.05) is 32.4 Å². The van der Waals surface area contributed by atoms with Crippen LogP contribution in [0.4, 0.5) is 5.69 Å². The molecule has 0 heterocycles. The number of phenols is 1. The van der Waals surface area contributed by atoms with Crippen LogP contribution in [0.5, 0.6) is 5.75 Å². The van der Waals surface area contributed by atoms with Crippen molar-refractivity contribution in [1.82, 2.24) is 5.32 Å². The van der Waals surface area contributed by atoms with Crippen LogP contribution in [0.2, 0.25) is 5.02 Å². The van der Waals surface area contributed by atoms with Gasteiger partial charge in [-0.15, -0.1) is 0 Å². The molecule has 0 bridgehead atoms. The molecule has 1 aromatic rings. The molecule has 5 nitrogen and oxygen atoms in total. The highest BCUT2D eigenvalue weighted by Gasteiger charge is 2.29. The number of phenolic OH excluding ortho intramolecular Hbond substituents is 1. The zero-order chi connectivity index (χ0) is 17.1. The number of nitrogens with one attached hydrogen (secondary N) is 2. The van der Waals surface area contributed by atoms with Gasteiger partial charge in [0.05, 0.1) is 5.69 Å². The third-order valence-corrected chi connectivity index (χ3v) is 3.07. The summed E-state index contributed by atoms with van der Waals surface area (Å²) in [5, 5.41) is 15.0. The zero-order valence-corrected chi connectivity index (χ0v) is 14.3. The maximum absolute atomic E-state index is 12.0. The number of aromatic hydroxyl groups is 1. The molecule has 6 heteroatoms. The smallest absolute Gasteiger partial charge is 0.313 e. The Balaban J connectivity index is 2.73. The number of carbonyl (C=O) groups excluding carboxylic acids is 2. The van der Waals surface area contributed by atoms with E-state index >= 15 is 0 Å². The monoisotopic (exact) mass is 326 g/mol. The summed E-state index contributed by atoms with van der Waals surface area (Å²) < 4.78 is 0. The summed E-state index contributed by atoms with van der Waals surface area (Å²) in [5.41, 5.74) is -0.414. The van der Waals surface area contributed by atoms with E-state index in [9.17, 15) is 14.7 Å². The lowest BCUT2D eigenvalue weighted by atomic mass is 9.82. The van der Waals surface area contributed by atoms with Crippen LogP contribution in [-0.2, 0) is 9.59 Å². The minimum absolute atomic E-state index is 0.0124. The summed E-state index contributed by atoms with van der Waals surface area (Å²) in [6.07, 6.45) is 0.710. The number of carbonyl (C=O) groups is 2. The van der Waals surface area contributed by atoms with Gasteiger partial charge >= 0.3 is 11.8 Å². The fourth-order valence-electron chi connectivity index (χ4n) is 2.52. The van der Waals surface area contributed by atoms with Crippen molar-refractivity contribution in [3.63, 3.8) is 0 Å². The van der Waals surface area contributed by atoms with Gasteiger partial charge in [-0.3, -0.25) is 9.59 Å². The van der Waals surface area contributed by atoms with Crippen LogP contribution in [0, 0.1) is 5.41 Å². The van der Waals surface area contributed by atoms with Crippen LogP contribution in [0.25, 0.3) is 0 Å². The largest absolute Gasteiger partial charge is 0.506 e. The van der Waals surface area contributed by atoms with Crippen LogP contribution in [0.3, 0.4) is 0 Å². The van der Waals surface area contributed by atoms with E-state index in [1.807, 2.05) is 13.8 Å². The van der Waals surface area contributed by atoms with E-state index < -0.39 is 17.4 Å². The fourth-order valence-corrected chi connectivity index (χ4v) is 2.69. The normalized spacial score (nSPS) is 11.9. The van der Waals surface area contributed by atoms with Crippen LogP contribution in [-0.4, -0.2) is 22.5 Å². The lowest BCUT2D eigenvalue weighted by Gasteiger charge is -2.33. The van der Waals surface area contributed by atoms with Gasteiger partial charge in [0.25, 0.3) is 0 Å². The summed E-state index contributed by atoms with van der Waals surface area (Å²) in [7, 11) is 0. The van der Waals surface area contributed by atoms with Crippen molar-refractivity contribution in [1.29, 1.82) is 0 Å². The molecule has 1 rings (SSSR count). The Morgan fingerprint density at radius 1 is 1.14 bits per heavy atom. The van der Waals surface area contributed by atoms with Crippen LogP contribution in [0.15, 0.2) is 18.2 Å². The van der Waals surface area contributed by atoms with Gasteiger partial charge in [0, 0.05) is 10.6 Å². The average molecular weight is 327 g/mol. The topological polar surface area (TPSA) is 78.4 Å². The Morgan fingerprint density at radius 3 is 2.27 bits per heavy atom. The molecule has 3 N–H and O–H groups in total. The van der Waals surface area contributed by atoms with Gasteiger partial charge < -0.3 is 15.7 Å². The Hall–Kier alpha value is -1.75. The molecule has 0 saturated carbocycles. The number of hydrogen-bond donors (Lipinski definition) is 3. The van der Waals surface area contributed by atoms with Crippen molar-refractivity contribution in [3.05, 3.63) is 23.2 Å². The first kappa shape index (κ1) is 18.3. The highest BCUT2D eigenvalue weighted by atomic mass is 35.5. The second kappa shape index (κ2) is 6.57. The van der Waals surface area contributed by atoms with E-state index in [-0.39, 0.29) is 16.9 Å². The summed E-state index contributed by atoms with van der Waals surface area (Å²) in [5.74, 6) is -1.76. The third kappa shape index (κ3) is 5.93. The van der Waals surface area contributed by atoms with Gasteiger partial charge in [0.15, 0.2) is 0 Å². The maximum atomic E-state index is 12.0. The molecule has 0 spiro atoms. The summed E-state index contributed by atoms with van der Waals surface area (Å²) in [6, 6.07) is 4.21. The number of benzene rings is 1. The molecule has 122 valence electrons. The number of anilines is 1. The van der Waals surface area contributed by atoms with E-state index in [0.717, 1.165) is 0 Å². The molecule has 0 fully saturated rings. The van der Waals surface area contributed by atoms with E-state index in [4.69, 9.17) is 11.6 Å². The molecule has 2 amide bonds. The highest BCUT2D eigenvalue weighted by Crippen LogP contribution is 2.28. The summed E-state index contributed by atoms with van der Waals surface area (Å²) in [4.78, 5) is 23.9. The van der Waals surface area contributed by atoms with Gasteiger partial charge in [0.2, 0.25) is 0 Å². The molecule has 0 aliphatic heterocycles. The molecular formula is C16H23ClN2O3. The first-order valence-corrected chi connectivity index (χ1v) is 7.39. The first-order chi connectivity index (χ1) is 9.89. The second-order valence-corrected chi connectivity index (χ2v) is 7.63. The zero-order valence-electron chi connectivity index (χ0n) is 13.6. The Morgan fingerprint density at radius 2 is 1.73 bits per heavy atom. The van der Waals surface area contributed by atoms with Crippen molar-refractivity contribution in [3.8, 4) is 5.75 Å². The lowest BCUT2D eigenvalue weighted by Crippen LogP contribution is -2.49. The van der Waals surface area contributed by atoms with Crippen molar-refractivity contribution < 1.29 is 14.7 Å². The standard InChI is InChI=1S/C16H23ClN2O3/c1-15(2,3)9-16(4,5)19-14(22)13(21)18-11-8-10(17)6-7-12(11)20/h6-8,20H,9H2,1-5H3,(H,18,21)(H,19,22). The predicted molar refractivity (Wildman–Crippen MR) is 88.0 cm³/mol. The van der Waals surface area contributed by atoms with Crippen LogP contribution >= 0.6 is 11.6 Å². The van der Waals surface area contributed by atoms with Crippen LogP contribution < -0.4 is 10.6 Å². The van der Waals surface area contributed by atoms with E-state index in [0.29, 0.717) is 11.4 Å². The number of halogens is 1. The van der Waals surface area contributed by atoms with Crippen molar-refractivity contribution in [2.45, 2.75) is 46.6 Å². The Kier molecular flexibility index (Phi) is 5.46. The molecule has 0 saturated heterocycles. The molecule has 0 aliphatic rings. The highest BCUT2D eigenvalue weighted by molar-refractivity contribution is 6.40. The molecule has 22 heavy (non-hydrogen) atoms. The molecule has 0 aromatic heterocycles. The van der Waals surface area contributed by atoms with Gasteiger partial charge in [0.1, 0.15) is 5.75 Å². The maximum Gasteiger partial charge on any atom is 0.313 e. The number of hydrogen-bond acceptors (Lipinski definition) is 3. The molecule has 0 unspecified atom stereocenters. The first-order valence-electron chi connectivity index (χ1n) is 7.02. The number of rotatable bonds is 3. The van der Waals surface area contributed by atoms with Crippen molar-refractivity contribution in [2.24, 2.45) is 5.41 Å². The molecule has 1 aromatic carbocycles. The third-order valence-electron chi connectivity index (χ3n) is 2.84. The summed E-state index contributed by atoms with van der Waals surface area (Å²) in [6.45, 7) is 9.90. The average Bonchev–Trinajstić information content (AvgIpc) is 2.29. The quantitative estimate of drug-likeness (QED) is 0.589. The molecular weight excluding hydrogens is 304 g/mol. The lowest BCUT2D eigenvalue weighted by molar-refractivity contribution is -0.137. The molecule has 0 atom stereocenters. The van der Waals surface area contributed by atoms with Gasteiger partial charge in [-0.2, -0.15) is 0 Å². The summed E-state index contributed by atoms with van der Waals surface area (Å²) >= 11 is 5.80. The molecule has 0 aliphatic carbocycles. The van der Waals surface area contributed by atoms with E-state index in [1.165, 1.54) is 18.2 Å². The molecule has 0 radical (unpaired) electrons. The van der Waals surface area contributed by atoms with Gasteiger partial charge in [-0.05, 0) is 43.9 Å². The van der Waals surface area contributed by atoms with Crippen molar-refractivity contribution in [2.75, 3.05) is 5.32 Å². The van der Waals surface area contributed by atoms with E-state index in [1.54, 1.807) is 0 Å². The number of amides is 2.